The molecule has 1 aromatic rings. The van der Waals surface area contributed by atoms with Crippen molar-refractivity contribution in [3.05, 3.63) is 29.3 Å². The average molecular weight is 287 g/mol. The predicted molar refractivity (Wildman–Crippen MR) is 87.7 cm³/mol. The van der Waals surface area contributed by atoms with Crippen LogP contribution in [-0.4, -0.2) is 12.1 Å². The molecule has 0 radical (unpaired) electrons. The highest BCUT2D eigenvalue weighted by atomic mass is 16.5. The van der Waals surface area contributed by atoms with Crippen molar-refractivity contribution < 1.29 is 4.74 Å². The Morgan fingerprint density at radius 2 is 1.86 bits per heavy atom. The van der Waals surface area contributed by atoms with Gasteiger partial charge in [-0.3, -0.25) is 0 Å². The summed E-state index contributed by atoms with van der Waals surface area (Å²) in [5, 5.41) is 3.61. The van der Waals surface area contributed by atoms with E-state index in [0.717, 1.165) is 24.3 Å². The van der Waals surface area contributed by atoms with Gasteiger partial charge in [0.15, 0.2) is 0 Å². The molecular weight excluding hydrogens is 258 g/mol. The minimum atomic E-state index is 0.426. The minimum absolute atomic E-state index is 0.426. The molecule has 2 aliphatic carbocycles. The SMILES string of the molecule is CCC1CCC(Oc2ccc(C)cc2CNC2CC2)CC1. The van der Waals surface area contributed by atoms with Crippen molar-refractivity contribution in [3.63, 3.8) is 0 Å². The standard InChI is InChI=1S/C19H29NO/c1-3-15-5-9-18(10-6-15)21-19-11-4-14(2)12-16(19)13-20-17-7-8-17/h4,11-12,15,17-18,20H,3,5-10,13H2,1-2H3. The summed E-state index contributed by atoms with van der Waals surface area (Å²) in [6, 6.07) is 7.37. The number of hydrogen-bond acceptors (Lipinski definition) is 2. The molecular formula is C19H29NO. The molecule has 2 nitrogen and oxygen atoms in total. The van der Waals surface area contributed by atoms with Crippen molar-refractivity contribution in [1.82, 2.24) is 5.32 Å². The van der Waals surface area contributed by atoms with Gasteiger partial charge in [0.05, 0.1) is 6.10 Å². The first-order chi connectivity index (χ1) is 10.2. The van der Waals surface area contributed by atoms with E-state index in [1.807, 2.05) is 0 Å². The van der Waals surface area contributed by atoms with Gasteiger partial charge in [0.2, 0.25) is 0 Å². The fourth-order valence-corrected chi connectivity index (χ4v) is 3.34. The van der Waals surface area contributed by atoms with Gasteiger partial charge in [0.1, 0.15) is 5.75 Å². The summed E-state index contributed by atoms with van der Waals surface area (Å²) in [5.74, 6) is 2.03. The maximum Gasteiger partial charge on any atom is 0.124 e. The molecule has 0 aliphatic heterocycles. The van der Waals surface area contributed by atoms with Crippen molar-refractivity contribution in [3.8, 4) is 5.75 Å². The van der Waals surface area contributed by atoms with E-state index in [0.29, 0.717) is 6.10 Å². The molecule has 0 heterocycles. The van der Waals surface area contributed by atoms with Gasteiger partial charge in [0.25, 0.3) is 0 Å². The highest BCUT2D eigenvalue weighted by Gasteiger charge is 2.23. The third kappa shape index (κ3) is 4.23. The Balaban J connectivity index is 1.60. The Hall–Kier alpha value is -1.02. The fourth-order valence-electron chi connectivity index (χ4n) is 3.34. The zero-order valence-corrected chi connectivity index (χ0v) is 13.5. The third-order valence-electron chi connectivity index (χ3n) is 5.04. The smallest absolute Gasteiger partial charge is 0.124 e. The Bertz CT molecular complexity index is 459. The van der Waals surface area contributed by atoms with E-state index in [1.165, 1.54) is 56.1 Å². The zero-order valence-electron chi connectivity index (χ0n) is 13.5. The van der Waals surface area contributed by atoms with E-state index in [9.17, 15) is 0 Å². The molecule has 0 saturated heterocycles. The number of ether oxygens (including phenoxy) is 1. The zero-order chi connectivity index (χ0) is 14.7. The maximum atomic E-state index is 6.35. The van der Waals surface area contributed by atoms with Crippen LogP contribution in [-0.2, 0) is 6.54 Å². The van der Waals surface area contributed by atoms with Crippen molar-refractivity contribution in [1.29, 1.82) is 0 Å². The second-order valence-electron chi connectivity index (χ2n) is 6.94. The van der Waals surface area contributed by atoms with Crippen LogP contribution in [0.4, 0.5) is 0 Å². The van der Waals surface area contributed by atoms with Gasteiger partial charge in [-0.2, -0.15) is 0 Å². The molecule has 116 valence electrons. The molecule has 2 saturated carbocycles. The fraction of sp³-hybridized carbons (Fsp3) is 0.684. The van der Waals surface area contributed by atoms with Crippen LogP contribution in [0.5, 0.6) is 5.75 Å². The van der Waals surface area contributed by atoms with E-state index in [4.69, 9.17) is 4.74 Å². The number of nitrogens with one attached hydrogen (secondary N) is 1. The lowest BCUT2D eigenvalue weighted by Gasteiger charge is -2.29. The van der Waals surface area contributed by atoms with Gasteiger partial charge in [0, 0.05) is 18.2 Å². The predicted octanol–water partition coefficient (Wildman–Crippen LogP) is 4.59. The molecule has 0 atom stereocenters. The number of hydrogen-bond donors (Lipinski definition) is 1. The Labute approximate surface area is 129 Å². The second-order valence-corrected chi connectivity index (χ2v) is 6.94. The molecule has 2 aliphatic rings. The second kappa shape index (κ2) is 6.83. The van der Waals surface area contributed by atoms with Crippen molar-refractivity contribution in [2.45, 2.75) is 77.5 Å². The molecule has 2 heteroatoms. The van der Waals surface area contributed by atoms with Crippen molar-refractivity contribution in [2.24, 2.45) is 5.92 Å². The van der Waals surface area contributed by atoms with E-state index in [2.05, 4.69) is 37.4 Å². The first-order valence-electron chi connectivity index (χ1n) is 8.74. The molecule has 1 N–H and O–H groups in total. The van der Waals surface area contributed by atoms with Crippen LogP contribution >= 0.6 is 0 Å². The average Bonchev–Trinajstić information content (AvgIpc) is 3.32. The Morgan fingerprint density at radius 3 is 2.52 bits per heavy atom. The quantitative estimate of drug-likeness (QED) is 0.826. The number of rotatable bonds is 6. The summed E-state index contributed by atoms with van der Waals surface area (Å²) in [4.78, 5) is 0. The van der Waals surface area contributed by atoms with E-state index in [1.54, 1.807) is 0 Å². The third-order valence-corrected chi connectivity index (χ3v) is 5.04. The number of benzene rings is 1. The molecule has 0 bridgehead atoms. The van der Waals surface area contributed by atoms with Crippen LogP contribution in [0.15, 0.2) is 18.2 Å². The van der Waals surface area contributed by atoms with Gasteiger partial charge in [-0.1, -0.05) is 31.0 Å². The largest absolute Gasteiger partial charge is 0.490 e. The summed E-state index contributed by atoms with van der Waals surface area (Å²) in [6.45, 7) is 5.43. The summed E-state index contributed by atoms with van der Waals surface area (Å²) < 4.78 is 6.35. The first-order valence-corrected chi connectivity index (χ1v) is 8.74. The van der Waals surface area contributed by atoms with Crippen LogP contribution in [0.1, 0.15) is 63.0 Å². The van der Waals surface area contributed by atoms with Crippen LogP contribution in [0.25, 0.3) is 0 Å². The molecule has 0 spiro atoms. The summed E-state index contributed by atoms with van der Waals surface area (Å²) >= 11 is 0. The van der Waals surface area contributed by atoms with Gasteiger partial charge >= 0.3 is 0 Å². The van der Waals surface area contributed by atoms with Gasteiger partial charge in [-0.15, -0.1) is 0 Å². The molecule has 0 aromatic heterocycles. The first kappa shape index (κ1) is 14.9. The van der Waals surface area contributed by atoms with E-state index in [-0.39, 0.29) is 0 Å². The Morgan fingerprint density at radius 1 is 1.10 bits per heavy atom. The lowest BCUT2D eigenvalue weighted by atomic mass is 9.86. The minimum Gasteiger partial charge on any atom is -0.490 e. The van der Waals surface area contributed by atoms with Gasteiger partial charge in [-0.25, -0.2) is 0 Å². The Kier molecular flexibility index (Phi) is 4.84. The lowest BCUT2D eigenvalue weighted by Crippen LogP contribution is -2.25. The maximum absolute atomic E-state index is 6.35. The molecule has 2 fully saturated rings. The van der Waals surface area contributed by atoms with Crippen LogP contribution in [0.3, 0.4) is 0 Å². The van der Waals surface area contributed by atoms with Crippen molar-refractivity contribution >= 4 is 0 Å². The normalized spacial score (nSPS) is 25.8. The molecule has 0 amide bonds. The van der Waals surface area contributed by atoms with E-state index < -0.39 is 0 Å². The highest BCUT2D eigenvalue weighted by molar-refractivity contribution is 5.37. The van der Waals surface area contributed by atoms with Gasteiger partial charge < -0.3 is 10.1 Å². The summed E-state index contributed by atoms with van der Waals surface area (Å²) in [5.41, 5.74) is 2.66. The molecule has 0 unspecified atom stereocenters. The summed E-state index contributed by atoms with van der Waals surface area (Å²) in [6.07, 6.45) is 9.55. The summed E-state index contributed by atoms with van der Waals surface area (Å²) in [7, 11) is 0. The van der Waals surface area contributed by atoms with Gasteiger partial charge in [-0.05, 0) is 57.4 Å². The van der Waals surface area contributed by atoms with Crippen LogP contribution in [0.2, 0.25) is 0 Å². The number of aryl methyl sites for hydroxylation is 1. The molecule has 1 aromatic carbocycles. The topological polar surface area (TPSA) is 21.3 Å². The monoisotopic (exact) mass is 287 g/mol. The highest BCUT2D eigenvalue weighted by Crippen LogP contribution is 2.31. The van der Waals surface area contributed by atoms with Crippen molar-refractivity contribution in [2.75, 3.05) is 0 Å². The molecule has 3 rings (SSSR count). The van der Waals surface area contributed by atoms with E-state index >= 15 is 0 Å². The van der Waals surface area contributed by atoms with Crippen LogP contribution < -0.4 is 10.1 Å². The lowest BCUT2D eigenvalue weighted by molar-refractivity contribution is 0.128. The molecule has 21 heavy (non-hydrogen) atoms. The van der Waals surface area contributed by atoms with Crippen LogP contribution in [0, 0.1) is 12.8 Å².